The Kier molecular flexibility index (Phi) is 2.36. The van der Waals surface area contributed by atoms with E-state index >= 15 is 0 Å². The van der Waals surface area contributed by atoms with Crippen LogP contribution in [0, 0.1) is 5.92 Å². The van der Waals surface area contributed by atoms with Crippen LogP contribution in [-0.2, 0) is 0 Å². The standard InChI is InChI=1S/C10H16N2/c1-7(2)10-6-11-9(4)12(5)8(10)3/h6-7H,4H2,1-3,5H3. The minimum atomic E-state index is 0.532. The van der Waals surface area contributed by atoms with Crippen molar-refractivity contribution >= 4 is 6.21 Å². The highest BCUT2D eigenvalue weighted by Gasteiger charge is 2.14. The van der Waals surface area contributed by atoms with Crippen molar-refractivity contribution in [2.24, 2.45) is 10.9 Å². The van der Waals surface area contributed by atoms with Gasteiger partial charge in [0.15, 0.2) is 0 Å². The van der Waals surface area contributed by atoms with Crippen LogP contribution in [0.15, 0.2) is 28.7 Å². The number of hydrogen-bond donors (Lipinski definition) is 0. The number of nitrogens with zero attached hydrogens (tertiary/aromatic N) is 2. The van der Waals surface area contributed by atoms with Gasteiger partial charge in [0.2, 0.25) is 0 Å². The molecule has 0 atom stereocenters. The summed E-state index contributed by atoms with van der Waals surface area (Å²) in [5.74, 6) is 1.35. The molecule has 2 heteroatoms. The Morgan fingerprint density at radius 3 is 2.58 bits per heavy atom. The van der Waals surface area contributed by atoms with Gasteiger partial charge in [-0.05, 0) is 18.4 Å². The Hall–Kier alpha value is -1.05. The number of hydrogen-bond acceptors (Lipinski definition) is 2. The number of aliphatic imine (C=N–C) groups is 1. The first-order valence-corrected chi connectivity index (χ1v) is 4.21. The molecule has 0 spiro atoms. The maximum atomic E-state index is 4.21. The Labute approximate surface area is 74.3 Å². The first-order valence-electron chi connectivity index (χ1n) is 4.21. The molecule has 1 heterocycles. The summed E-state index contributed by atoms with van der Waals surface area (Å²) in [5, 5.41) is 0. The summed E-state index contributed by atoms with van der Waals surface area (Å²) in [6, 6.07) is 0. The summed E-state index contributed by atoms with van der Waals surface area (Å²) in [6.45, 7) is 10.3. The van der Waals surface area contributed by atoms with Crippen LogP contribution in [0.25, 0.3) is 0 Å². The van der Waals surface area contributed by atoms with E-state index in [1.807, 2.05) is 18.2 Å². The van der Waals surface area contributed by atoms with Crippen molar-refractivity contribution in [2.45, 2.75) is 20.8 Å². The minimum absolute atomic E-state index is 0.532. The molecule has 0 bridgehead atoms. The van der Waals surface area contributed by atoms with Gasteiger partial charge in [-0.15, -0.1) is 0 Å². The molecule has 0 unspecified atom stereocenters. The summed E-state index contributed by atoms with van der Waals surface area (Å²) in [7, 11) is 2.00. The maximum Gasteiger partial charge on any atom is 0.125 e. The highest BCUT2D eigenvalue weighted by molar-refractivity contribution is 5.82. The van der Waals surface area contributed by atoms with E-state index in [-0.39, 0.29) is 0 Å². The van der Waals surface area contributed by atoms with Crippen LogP contribution < -0.4 is 0 Å². The van der Waals surface area contributed by atoms with Gasteiger partial charge >= 0.3 is 0 Å². The van der Waals surface area contributed by atoms with Crippen LogP contribution in [0.1, 0.15) is 20.8 Å². The second-order valence-electron chi connectivity index (χ2n) is 3.43. The summed E-state index contributed by atoms with van der Waals surface area (Å²) < 4.78 is 0. The Balaban J connectivity index is 3.02. The molecule has 0 aromatic rings. The molecule has 1 aliphatic heterocycles. The second-order valence-corrected chi connectivity index (χ2v) is 3.43. The summed E-state index contributed by atoms with van der Waals surface area (Å²) in [6.07, 6.45) is 1.92. The van der Waals surface area contributed by atoms with Crippen molar-refractivity contribution in [1.82, 2.24) is 4.90 Å². The van der Waals surface area contributed by atoms with Crippen LogP contribution in [0.4, 0.5) is 0 Å². The van der Waals surface area contributed by atoms with E-state index in [1.165, 1.54) is 11.3 Å². The summed E-state index contributed by atoms with van der Waals surface area (Å²) in [5.41, 5.74) is 2.55. The normalized spacial score (nSPS) is 18.1. The highest BCUT2D eigenvalue weighted by Crippen LogP contribution is 2.22. The first-order chi connectivity index (χ1) is 5.54. The van der Waals surface area contributed by atoms with E-state index in [0.29, 0.717) is 5.92 Å². The van der Waals surface area contributed by atoms with E-state index in [2.05, 4.69) is 32.3 Å². The fourth-order valence-electron chi connectivity index (χ4n) is 1.28. The fraction of sp³-hybridized carbons (Fsp3) is 0.500. The van der Waals surface area contributed by atoms with Gasteiger partial charge in [-0.3, -0.25) is 0 Å². The summed E-state index contributed by atoms with van der Waals surface area (Å²) >= 11 is 0. The predicted molar refractivity (Wildman–Crippen MR) is 52.9 cm³/mol. The SMILES string of the molecule is C=C1N=CC(C(C)C)=C(C)N1C. The monoisotopic (exact) mass is 164 g/mol. The largest absolute Gasteiger partial charge is 0.334 e. The summed E-state index contributed by atoms with van der Waals surface area (Å²) in [4.78, 5) is 6.24. The van der Waals surface area contributed by atoms with Gasteiger partial charge in [-0.1, -0.05) is 20.4 Å². The molecular formula is C10H16N2. The van der Waals surface area contributed by atoms with Gasteiger partial charge in [-0.2, -0.15) is 0 Å². The Morgan fingerprint density at radius 1 is 1.50 bits per heavy atom. The van der Waals surface area contributed by atoms with Crippen LogP contribution >= 0.6 is 0 Å². The molecule has 2 nitrogen and oxygen atoms in total. The lowest BCUT2D eigenvalue weighted by molar-refractivity contribution is 0.498. The predicted octanol–water partition coefficient (Wildman–Crippen LogP) is 2.40. The Morgan fingerprint density at radius 2 is 2.08 bits per heavy atom. The molecule has 0 saturated carbocycles. The minimum Gasteiger partial charge on any atom is -0.334 e. The van der Waals surface area contributed by atoms with Gasteiger partial charge in [-0.25, -0.2) is 4.99 Å². The molecule has 0 amide bonds. The van der Waals surface area contributed by atoms with E-state index in [1.54, 1.807) is 0 Å². The van der Waals surface area contributed by atoms with E-state index in [9.17, 15) is 0 Å². The van der Waals surface area contributed by atoms with Crippen molar-refractivity contribution < 1.29 is 0 Å². The second kappa shape index (κ2) is 3.13. The van der Waals surface area contributed by atoms with E-state index in [4.69, 9.17) is 0 Å². The third kappa shape index (κ3) is 1.42. The van der Waals surface area contributed by atoms with Crippen molar-refractivity contribution in [1.29, 1.82) is 0 Å². The molecule has 1 aliphatic rings. The molecular weight excluding hydrogens is 148 g/mol. The molecule has 66 valence electrons. The lowest BCUT2D eigenvalue weighted by Crippen LogP contribution is -2.21. The van der Waals surface area contributed by atoms with Gasteiger partial charge in [0.05, 0.1) is 0 Å². The van der Waals surface area contributed by atoms with Gasteiger partial charge in [0, 0.05) is 19.0 Å². The molecule has 0 aliphatic carbocycles. The van der Waals surface area contributed by atoms with Crippen molar-refractivity contribution in [2.75, 3.05) is 7.05 Å². The quantitative estimate of drug-likeness (QED) is 0.581. The van der Waals surface area contributed by atoms with E-state index < -0.39 is 0 Å². The molecule has 0 N–H and O–H groups in total. The van der Waals surface area contributed by atoms with Crippen molar-refractivity contribution in [3.05, 3.63) is 23.7 Å². The molecule has 0 fully saturated rings. The molecule has 0 aromatic heterocycles. The molecule has 12 heavy (non-hydrogen) atoms. The van der Waals surface area contributed by atoms with Crippen LogP contribution in [0.3, 0.4) is 0 Å². The zero-order valence-electron chi connectivity index (χ0n) is 8.26. The van der Waals surface area contributed by atoms with Crippen molar-refractivity contribution in [3.63, 3.8) is 0 Å². The number of allylic oxidation sites excluding steroid dienone is 2. The zero-order valence-corrected chi connectivity index (χ0v) is 8.26. The molecule has 0 saturated heterocycles. The molecule has 0 aromatic carbocycles. The highest BCUT2D eigenvalue weighted by atomic mass is 15.2. The van der Waals surface area contributed by atoms with Crippen LogP contribution in [0.5, 0.6) is 0 Å². The van der Waals surface area contributed by atoms with E-state index in [0.717, 1.165) is 5.82 Å². The number of rotatable bonds is 1. The first kappa shape index (κ1) is 9.04. The third-order valence-electron chi connectivity index (χ3n) is 2.28. The Bertz CT molecular complexity index is 259. The maximum absolute atomic E-state index is 4.21. The lowest BCUT2D eigenvalue weighted by Gasteiger charge is -2.26. The average molecular weight is 164 g/mol. The zero-order chi connectivity index (χ0) is 9.30. The fourth-order valence-corrected chi connectivity index (χ4v) is 1.28. The molecule has 0 radical (unpaired) electrons. The van der Waals surface area contributed by atoms with Crippen LogP contribution in [0.2, 0.25) is 0 Å². The topological polar surface area (TPSA) is 15.6 Å². The lowest BCUT2D eigenvalue weighted by atomic mass is 10.0. The van der Waals surface area contributed by atoms with Gasteiger partial charge in [0.1, 0.15) is 5.82 Å². The smallest absolute Gasteiger partial charge is 0.125 e. The van der Waals surface area contributed by atoms with Gasteiger partial charge < -0.3 is 4.90 Å². The van der Waals surface area contributed by atoms with Crippen LogP contribution in [-0.4, -0.2) is 18.2 Å². The average Bonchev–Trinajstić information content (AvgIpc) is 2.00. The van der Waals surface area contributed by atoms with Crippen molar-refractivity contribution in [3.8, 4) is 0 Å². The van der Waals surface area contributed by atoms with Gasteiger partial charge in [0.25, 0.3) is 0 Å². The third-order valence-corrected chi connectivity index (χ3v) is 2.28. The molecule has 1 rings (SSSR count).